The number of nitrogens with one attached hydrogen (secondary N) is 1. The van der Waals surface area contributed by atoms with E-state index in [1.165, 1.54) is 5.56 Å². The lowest BCUT2D eigenvalue weighted by Gasteiger charge is -2.11. The molecule has 4 rings (SSSR count). The number of amides is 1. The molecule has 0 unspecified atom stereocenters. The van der Waals surface area contributed by atoms with Crippen LogP contribution in [0, 0.1) is 5.41 Å². The van der Waals surface area contributed by atoms with Crippen molar-refractivity contribution in [3.63, 3.8) is 0 Å². The number of anilines is 1. The lowest BCUT2D eigenvalue weighted by molar-refractivity contribution is 0.102. The van der Waals surface area contributed by atoms with Gasteiger partial charge >= 0.3 is 0 Å². The van der Waals surface area contributed by atoms with E-state index >= 15 is 0 Å². The molecule has 0 aromatic heterocycles. The van der Waals surface area contributed by atoms with Crippen LogP contribution in [0.4, 0.5) is 5.69 Å². The van der Waals surface area contributed by atoms with Gasteiger partial charge < -0.3 is 14.8 Å². The van der Waals surface area contributed by atoms with Crippen molar-refractivity contribution in [2.45, 2.75) is 32.6 Å². The Hall–Kier alpha value is -2.49. The van der Waals surface area contributed by atoms with E-state index in [1.807, 2.05) is 30.3 Å². The second-order valence-corrected chi connectivity index (χ2v) is 7.47. The molecule has 2 aliphatic rings. The fourth-order valence-corrected chi connectivity index (χ4v) is 3.00. The van der Waals surface area contributed by atoms with E-state index in [-0.39, 0.29) is 11.3 Å². The van der Waals surface area contributed by atoms with Crippen LogP contribution in [0.5, 0.6) is 11.5 Å². The Morgan fingerprint density at radius 1 is 1.00 bits per heavy atom. The Morgan fingerprint density at radius 3 is 2.32 bits per heavy atom. The molecule has 1 fully saturated rings. The zero-order valence-corrected chi connectivity index (χ0v) is 14.7. The highest BCUT2D eigenvalue weighted by Crippen LogP contribution is 2.49. The monoisotopic (exact) mass is 337 g/mol. The van der Waals surface area contributed by atoms with Crippen LogP contribution in [-0.2, 0) is 0 Å². The molecule has 130 valence electrons. The zero-order valence-electron chi connectivity index (χ0n) is 14.7. The average molecular weight is 337 g/mol. The van der Waals surface area contributed by atoms with E-state index in [2.05, 4.69) is 19.2 Å². The summed E-state index contributed by atoms with van der Waals surface area (Å²) >= 11 is 0. The summed E-state index contributed by atoms with van der Waals surface area (Å²) in [6.07, 6.45) is 2.31. The molecule has 1 aliphatic heterocycles. The molecule has 1 aliphatic carbocycles. The number of hydrogen-bond donors (Lipinski definition) is 1. The van der Waals surface area contributed by atoms with Gasteiger partial charge in [0, 0.05) is 16.7 Å². The maximum atomic E-state index is 12.5. The molecular formula is C21H23NO3. The second-order valence-electron chi connectivity index (χ2n) is 7.47. The van der Waals surface area contributed by atoms with Crippen molar-refractivity contribution >= 4 is 11.6 Å². The number of fused-ring (bicyclic) bond motifs is 1. The summed E-state index contributed by atoms with van der Waals surface area (Å²) in [7, 11) is 0. The molecule has 0 saturated heterocycles. The van der Waals surface area contributed by atoms with Crippen LogP contribution in [-0.4, -0.2) is 19.1 Å². The number of carbonyl (C=O) groups excluding carboxylic acids is 1. The SMILES string of the molecule is CC(C)c1ccc(NC(=O)c2ccc3c(c2)OCC2(CC2)CO3)cc1. The fraction of sp³-hybridized carbons (Fsp3) is 0.381. The summed E-state index contributed by atoms with van der Waals surface area (Å²) in [6, 6.07) is 13.3. The molecule has 1 heterocycles. The standard InChI is InChI=1S/C21H23NO3/c1-14(2)15-3-6-17(7-4-15)22-20(23)16-5-8-18-19(11-16)25-13-21(9-10-21)12-24-18/h3-8,11,14H,9-10,12-13H2,1-2H3,(H,22,23). The number of hydrogen-bond acceptors (Lipinski definition) is 3. The molecule has 1 spiro atoms. The third-order valence-electron chi connectivity index (χ3n) is 5.07. The molecule has 0 atom stereocenters. The topological polar surface area (TPSA) is 47.6 Å². The van der Waals surface area contributed by atoms with Crippen molar-refractivity contribution in [2.75, 3.05) is 18.5 Å². The Labute approximate surface area is 148 Å². The first-order chi connectivity index (χ1) is 12.0. The smallest absolute Gasteiger partial charge is 0.255 e. The first kappa shape index (κ1) is 16.0. The maximum Gasteiger partial charge on any atom is 0.255 e. The first-order valence-electron chi connectivity index (χ1n) is 8.86. The predicted molar refractivity (Wildman–Crippen MR) is 97.6 cm³/mol. The summed E-state index contributed by atoms with van der Waals surface area (Å²) in [6.45, 7) is 5.67. The van der Waals surface area contributed by atoms with Crippen molar-refractivity contribution in [2.24, 2.45) is 5.41 Å². The van der Waals surface area contributed by atoms with Crippen molar-refractivity contribution < 1.29 is 14.3 Å². The summed E-state index contributed by atoms with van der Waals surface area (Å²) in [4.78, 5) is 12.5. The third kappa shape index (κ3) is 3.34. The minimum atomic E-state index is -0.144. The van der Waals surface area contributed by atoms with Gasteiger partial charge in [-0.2, -0.15) is 0 Å². The quantitative estimate of drug-likeness (QED) is 0.889. The number of benzene rings is 2. The first-order valence-corrected chi connectivity index (χ1v) is 8.86. The van der Waals surface area contributed by atoms with Crippen LogP contribution < -0.4 is 14.8 Å². The Balaban J connectivity index is 1.48. The van der Waals surface area contributed by atoms with Gasteiger partial charge in [-0.15, -0.1) is 0 Å². The van der Waals surface area contributed by atoms with Crippen LogP contribution in [0.25, 0.3) is 0 Å². The molecule has 4 heteroatoms. The average Bonchev–Trinajstić information content (AvgIpc) is 3.41. The molecule has 4 nitrogen and oxygen atoms in total. The summed E-state index contributed by atoms with van der Waals surface area (Å²) in [5.74, 6) is 1.71. The van der Waals surface area contributed by atoms with Crippen molar-refractivity contribution in [3.05, 3.63) is 53.6 Å². The van der Waals surface area contributed by atoms with E-state index in [0.717, 1.165) is 24.3 Å². The van der Waals surface area contributed by atoms with E-state index in [1.54, 1.807) is 12.1 Å². The predicted octanol–water partition coefficient (Wildman–Crippen LogP) is 4.61. The maximum absolute atomic E-state index is 12.5. The van der Waals surface area contributed by atoms with Gasteiger partial charge in [0.05, 0.1) is 13.2 Å². The van der Waals surface area contributed by atoms with Gasteiger partial charge in [0.15, 0.2) is 11.5 Å². The van der Waals surface area contributed by atoms with Crippen LogP contribution in [0.3, 0.4) is 0 Å². The van der Waals surface area contributed by atoms with Gasteiger partial charge in [0.2, 0.25) is 0 Å². The van der Waals surface area contributed by atoms with Crippen LogP contribution in [0.15, 0.2) is 42.5 Å². The summed E-state index contributed by atoms with van der Waals surface area (Å²) in [5.41, 5.74) is 2.81. The van der Waals surface area contributed by atoms with Gasteiger partial charge in [-0.25, -0.2) is 0 Å². The van der Waals surface area contributed by atoms with E-state index in [0.29, 0.717) is 30.4 Å². The normalized spacial score (nSPS) is 17.2. The van der Waals surface area contributed by atoms with E-state index < -0.39 is 0 Å². The molecular weight excluding hydrogens is 314 g/mol. The third-order valence-corrected chi connectivity index (χ3v) is 5.07. The highest BCUT2D eigenvalue weighted by molar-refractivity contribution is 6.04. The molecule has 2 aromatic carbocycles. The molecule has 2 aromatic rings. The molecule has 0 radical (unpaired) electrons. The Morgan fingerprint density at radius 2 is 1.68 bits per heavy atom. The lowest BCUT2D eigenvalue weighted by Crippen LogP contribution is -2.17. The zero-order chi connectivity index (χ0) is 17.4. The molecule has 0 bridgehead atoms. The van der Waals surface area contributed by atoms with Gasteiger partial charge in [-0.3, -0.25) is 4.79 Å². The molecule has 1 N–H and O–H groups in total. The van der Waals surface area contributed by atoms with E-state index in [4.69, 9.17) is 9.47 Å². The Bertz CT molecular complexity index is 791. The Kier molecular flexibility index (Phi) is 3.91. The minimum Gasteiger partial charge on any atom is -0.489 e. The lowest BCUT2D eigenvalue weighted by atomic mass is 10.0. The molecule has 25 heavy (non-hydrogen) atoms. The number of carbonyl (C=O) groups is 1. The van der Waals surface area contributed by atoms with E-state index in [9.17, 15) is 4.79 Å². The van der Waals surface area contributed by atoms with Crippen molar-refractivity contribution in [1.29, 1.82) is 0 Å². The minimum absolute atomic E-state index is 0.144. The highest BCUT2D eigenvalue weighted by Gasteiger charge is 2.46. The van der Waals surface area contributed by atoms with Crippen molar-refractivity contribution in [1.82, 2.24) is 0 Å². The van der Waals surface area contributed by atoms with Crippen molar-refractivity contribution in [3.8, 4) is 11.5 Å². The van der Waals surface area contributed by atoms with Crippen LogP contribution in [0.1, 0.15) is 48.5 Å². The fourth-order valence-electron chi connectivity index (χ4n) is 3.00. The van der Waals surface area contributed by atoms with Crippen LogP contribution in [0.2, 0.25) is 0 Å². The molecule has 1 amide bonds. The number of ether oxygens (including phenoxy) is 2. The van der Waals surface area contributed by atoms with Gasteiger partial charge in [0.1, 0.15) is 0 Å². The highest BCUT2D eigenvalue weighted by atomic mass is 16.5. The van der Waals surface area contributed by atoms with Gasteiger partial charge in [-0.05, 0) is 54.7 Å². The molecule has 1 saturated carbocycles. The summed E-state index contributed by atoms with van der Waals surface area (Å²) in [5, 5.41) is 2.94. The number of rotatable bonds is 3. The summed E-state index contributed by atoms with van der Waals surface area (Å²) < 4.78 is 11.8. The largest absolute Gasteiger partial charge is 0.489 e. The second kappa shape index (κ2) is 6.10. The van der Waals surface area contributed by atoms with Crippen LogP contribution >= 0.6 is 0 Å². The van der Waals surface area contributed by atoms with Gasteiger partial charge in [-0.1, -0.05) is 26.0 Å². The van der Waals surface area contributed by atoms with Gasteiger partial charge in [0.25, 0.3) is 5.91 Å².